The maximum Gasteiger partial charge on any atom is 0.203 e. The molecule has 31 heavy (non-hydrogen) atoms. The summed E-state index contributed by atoms with van der Waals surface area (Å²) in [5, 5.41) is 4.86. The van der Waals surface area contributed by atoms with Crippen LogP contribution in [0.5, 0.6) is 0 Å². The Bertz CT molecular complexity index is 1160. The van der Waals surface area contributed by atoms with Crippen molar-refractivity contribution in [2.75, 3.05) is 0 Å². The van der Waals surface area contributed by atoms with Gasteiger partial charge in [-0.25, -0.2) is 0 Å². The molecule has 5 aromatic rings. The first-order valence-corrected chi connectivity index (χ1v) is 12.3. The molecule has 2 aromatic heterocycles. The van der Waals surface area contributed by atoms with E-state index in [0.717, 1.165) is 16.6 Å². The van der Waals surface area contributed by atoms with Crippen LogP contribution in [0.4, 0.5) is 0 Å². The third kappa shape index (κ3) is 3.47. The molecule has 0 aliphatic rings. The Hall–Kier alpha value is -3.89. The molecule has 148 valence electrons. The quantitative estimate of drug-likeness (QED) is 0.327. The minimum atomic E-state index is -2.66. The molecular weight excluding hydrogens is 394 g/mol. The second-order valence-corrected chi connectivity index (χ2v) is 11.1. The molecule has 2 heterocycles. The summed E-state index contributed by atoms with van der Waals surface area (Å²) in [7, 11) is -2.66. The molecule has 0 unspecified atom stereocenters. The predicted octanol–water partition coefficient (Wildman–Crippen LogP) is 2.92. The number of nitrogens with zero attached hydrogens (tertiary/aromatic N) is 3. The van der Waals surface area contributed by atoms with E-state index in [4.69, 9.17) is 4.98 Å². The zero-order valence-corrected chi connectivity index (χ0v) is 18.0. The smallest absolute Gasteiger partial charge is 0.203 e. The lowest BCUT2D eigenvalue weighted by molar-refractivity contribution is 1.22. The van der Waals surface area contributed by atoms with Crippen LogP contribution in [-0.4, -0.2) is 23.0 Å². The third-order valence-electron chi connectivity index (χ3n) is 5.60. The van der Waals surface area contributed by atoms with Crippen molar-refractivity contribution in [1.82, 2.24) is 15.0 Å². The van der Waals surface area contributed by atoms with Crippen molar-refractivity contribution in [2.45, 2.75) is 0 Å². The van der Waals surface area contributed by atoms with Gasteiger partial charge in [0.05, 0.1) is 17.2 Å². The predicted molar refractivity (Wildman–Crippen MR) is 129 cm³/mol. The summed E-state index contributed by atoms with van der Waals surface area (Å²) >= 11 is 0. The van der Waals surface area contributed by atoms with Crippen LogP contribution in [-0.2, 0) is 0 Å². The molecule has 3 nitrogen and oxygen atoms in total. The Morgan fingerprint density at radius 2 is 1.03 bits per heavy atom. The molecule has 0 N–H and O–H groups in total. The van der Waals surface area contributed by atoms with Crippen molar-refractivity contribution < 1.29 is 0 Å². The normalized spacial score (nSPS) is 11.2. The summed E-state index contributed by atoms with van der Waals surface area (Å²) in [6, 6.07) is 36.2. The highest BCUT2D eigenvalue weighted by molar-refractivity contribution is 7.19. The second kappa shape index (κ2) is 8.46. The zero-order valence-electron chi connectivity index (χ0n) is 17.0. The van der Waals surface area contributed by atoms with Gasteiger partial charge in [-0.05, 0) is 27.7 Å². The lowest BCUT2D eigenvalue weighted by Gasteiger charge is -2.33. The molecule has 3 aromatic carbocycles. The van der Waals surface area contributed by atoms with E-state index in [1.807, 2.05) is 30.7 Å². The number of benzene rings is 3. The van der Waals surface area contributed by atoms with Crippen molar-refractivity contribution in [3.05, 3.63) is 128 Å². The Morgan fingerprint density at radius 1 is 0.484 bits per heavy atom. The molecule has 0 bridgehead atoms. The lowest BCUT2D eigenvalue weighted by Crippen LogP contribution is -2.75. The monoisotopic (exact) mass is 415 g/mol. The standard InChI is InChI=1S/C27H21N3Si/c1-4-12-23(13-5-1)31(24-14-6-2-7-15-24,25-16-8-3-9-17-25)27-21-29-20-26(30-27)22-11-10-18-28-19-22/h1-21H. The van der Waals surface area contributed by atoms with E-state index in [-0.39, 0.29) is 0 Å². The van der Waals surface area contributed by atoms with Gasteiger partial charge in [-0.2, -0.15) is 0 Å². The minimum absolute atomic E-state index is 0.838. The van der Waals surface area contributed by atoms with Crippen LogP contribution in [0.2, 0.25) is 0 Å². The van der Waals surface area contributed by atoms with Crippen LogP contribution < -0.4 is 20.9 Å². The Labute approximate surface area is 183 Å². The molecule has 0 saturated heterocycles. The molecule has 0 spiro atoms. The van der Waals surface area contributed by atoms with Crippen molar-refractivity contribution in [1.29, 1.82) is 0 Å². The molecule has 0 saturated carbocycles. The van der Waals surface area contributed by atoms with Crippen LogP contribution >= 0.6 is 0 Å². The number of hydrogen-bond donors (Lipinski definition) is 0. The van der Waals surface area contributed by atoms with Crippen LogP contribution in [0.3, 0.4) is 0 Å². The number of rotatable bonds is 5. The maximum absolute atomic E-state index is 5.20. The second-order valence-electron chi connectivity index (χ2n) is 7.38. The average Bonchev–Trinajstić information content (AvgIpc) is 2.87. The van der Waals surface area contributed by atoms with Gasteiger partial charge in [-0.15, -0.1) is 0 Å². The van der Waals surface area contributed by atoms with Crippen LogP contribution in [0.25, 0.3) is 11.3 Å². The number of hydrogen-bond acceptors (Lipinski definition) is 3. The van der Waals surface area contributed by atoms with Crippen molar-refractivity contribution >= 4 is 29.0 Å². The molecule has 0 aliphatic carbocycles. The summed E-state index contributed by atoms with van der Waals surface area (Å²) in [6.45, 7) is 0. The van der Waals surface area contributed by atoms with Gasteiger partial charge in [0, 0.05) is 24.2 Å². The third-order valence-corrected chi connectivity index (χ3v) is 10.2. The first-order chi connectivity index (χ1) is 15.4. The molecule has 0 atom stereocenters. The molecule has 0 aliphatic heterocycles. The van der Waals surface area contributed by atoms with E-state index >= 15 is 0 Å². The van der Waals surface area contributed by atoms with E-state index in [1.54, 1.807) is 6.20 Å². The summed E-state index contributed by atoms with van der Waals surface area (Å²) in [5.41, 5.74) is 1.80. The Balaban J connectivity index is 1.85. The van der Waals surface area contributed by atoms with Crippen molar-refractivity contribution in [3.63, 3.8) is 0 Å². The van der Waals surface area contributed by atoms with Crippen molar-refractivity contribution in [2.24, 2.45) is 0 Å². The van der Waals surface area contributed by atoms with E-state index in [0.29, 0.717) is 0 Å². The fourth-order valence-electron chi connectivity index (χ4n) is 4.21. The van der Waals surface area contributed by atoms with Gasteiger partial charge in [0.2, 0.25) is 8.07 Å². The highest BCUT2D eigenvalue weighted by Gasteiger charge is 2.43. The minimum Gasteiger partial charge on any atom is -0.264 e. The number of aromatic nitrogens is 3. The summed E-state index contributed by atoms with van der Waals surface area (Å²) < 4.78 is 0. The molecule has 0 amide bonds. The van der Waals surface area contributed by atoms with Crippen molar-refractivity contribution in [3.8, 4) is 11.3 Å². The van der Waals surface area contributed by atoms with E-state index < -0.39 is 8.07 Å². The highest BCUT2D eigenvalue weighted by atomic mass is 28.3. The Kier molecular flexibility index (Phi) is 5.21. The van der Waals surface area contributed by atoms with Gasteiger partial charge in [-0.1, -0.05) is 91.0 Å². The van der Waals surface area contributed by atoms with Gasteiger partial charge in [0.15, 0.2) is 0 Å². The van der Waals surface area contributed by atoms with Crippen LogP contribution in [0.15, 0.2) is 128 Å². The van der Waals surface area contributed by atoms with Gasteiger partial charge in [0.1, 0.15) is 0 Å². The molecule has 0 radical (unpaired) electrons. The lowest BCUT2D eigenvalue weighted by atomic mass is 10.2. The summed E-state index contributed by atoms with van der Waals surface area (Å²) in [5.74, 6) is 0. The number of pyridine rings is 1. The molecular formula is C27H21N3Si. The summed E-state index contributed by atoms with van der Waals surface area (Å²) in [6.07, 6.45) is 7.38. The fourth-order valence-corrected chi connectivity index (χ4v) is 8.73. The van der Waals surface area contributed by atoms with Crippen LogP contribution in [0, 0.1) is 0 Å². The maximum atomic E-state index is 5.20. The highest BCUT2D eigenvalue weighted by Crippen LogP contribution is 2.14. The average molecular weight is 416 g/mol. The van der Waals surface area contributed by atoms with E-state index in [2.05, 4.69) is 101 Å². The SMILES string of the molecule is c1ccc([Si](c2ccccc2)(c2ccccc2)c2cncc(-c3cccnc3)n2)cc1. The van der Waals surface area contributed by atoms with E-state index in [9.17, 15) is 0 Å². The van der Waals surface area contributed by atoms with E-state index in [1.165, 1.54) is 15.6 Å². The fraction of sp³-hybridized carbons (Fsp3) is 0. The van der Waals surface area contributed by atoms with Gasteiger partial charge in [0.25, 0.3) is 0 Å². The first kappa shape index (κ1) is 19.1. The van der Waals surface area contributed by atoms with Gasteiger partial charge < -0.3 is 0 Å². The first-order valence-electron chi connectivity index (χ1n) is 10.3. The Morgan fingerprint density at radius 3 is 1.52 bits per heavy atom. The zero-order chi connectivity index (χ0) is 20.9. The summed E-state index contributed by atoms with van der Waals surface area (Å²) in [4.78, 5) is 14.1. The van der Waals surface area contributed by atoms with Gasteiger partial charge >= 0.3 is 0 Å². The topological polar surface area (TPSA) is 38.7 Å². The van der Waals surface area contributed by atoms with Gasteiger partial charge in [-0.3, -0.25) is 15.0 Å². The van der Waals surface area contributed by atoms with Crippen LogP contribution in [0.1, 0.15) is 0 Å². The molecule has 4 heteroatoms. The largest absolute Gasteiger partial charge is 0.264 e. The molecule has 0 fully saturated rings. The molecule has 5 rings (SSSR count).